The fourth-order valence-electron chi connectivity index (χ4n) is 1.17. The van der Waals surface area contributed by atoms with Gasteiger partial charge in [-0.2, -0.15) is 5.26 Å². The van der Waals surface area contributed by atoms with Crippen LogP contribution in [0.4, 0.5) is 0 Å². The van der Waals surface area contributed by atoms with Crippen molar-refractivity contribution in [2.24, 2.45) is 0 Å². The first-order valence-electron chi connectivity index (χ1n) is 3.48. The van der Waals surface area contributed by atoms with Gasteiger partial charge in [-0.3, -0.25) is 0 Å². The molecule has 1 N–H and O–H groups in total. The molecule has 0 fully saturated rings. The van der Waals surface area contributed by atoms with E-state index in [9.17, 15) is 0 Å². The summed E-state index contributed by atoms with van der Waals surface area (Å²) in [7, 11) is 0. The number of hydrogen-bond acceptors (Lipinski definition) is 1. The van der Waals surface area contributed by atoms with Crippen LogP contribution in [0.15, 0.2) is 24.3 Å². The van der Waals surface area contributed by atoms with E-state index >= 15 is 0 Å². The summed E-state index contributed by atoms with van der Waals surface area (Å²) in [6.07, 6.45) is 0. The molecule has 0 aliphatic heterocycles. The van der Waals surface area contributed by atoms with E-state index in [2.05, 4.69) is 11.1 Å². The average molecular weight is 177 g/mol. The fraction of sp³-hybridized carbons (Fsp3) is 0. The standard InChI is InChI=1S/C9H5ClN2/c10-9-4-7-3-6(5-11)1-2-8(7)12-9/h1-4,12H. The number of aromatic nitrogens is 1. The predicted molar refractivity (Wildman–Crippen MR) is 48.0 cm³/mol. The lowest BCUT2D eigenvalue weighted by Gasteiger charge is -1.88. The second kappa shape index (κ2) is 2.54. The van der Waals surface area contributed by atoms with E-state index in [-0.39, 0.29) is 0 Å². The number of hydrogen-bond donors (Lipinski definition) is 1. The number of benzene rings is 1. The molecule has 12 heavy (non-hydrogen) atoms. The van der Waals surface area contributed by atoms with Gasteiger partial charge < -0.3 is 4.98 Å². The second-order valence-corrected chi connectivity index (χ2v) is 2.94. The number of nitrogens with zero attached hydrogens (tertiary/aromatic N) is 1. The molecule has 1 aromatic heterocycles. The molecule has 2 aromatic rings. The van der Waals surface area contributed by atoms with E-state index in [0.29, 0.717) is 10.7 Å². The van der Waals surface area contributed by atoms with Crippen LogP contribution in [0.3, 0.4) is 0 Å². The van der Waals surface area contributed by atoms with Crippen LogP contribution >= 0.6 is 11.6 Å². The lowest BCUT2D eigenvalue weighted by Crippen LogP contribution is -1.72. The van der Waals surface area contributed by atoms with Crippen molar-refractivity contribution in [3.63, 3.8) is 0 Å². The van der Waals surface area contributed by atoms with Crippen LogP contribution in [0.25, 0.3) is 10.9 Å². The molecule has 1 heterocycles. The van der Waals surface area contributed by atoms with Gasteiger partial charge in [0.1, 0.15) is 5.15 Å². The topological polar surface area (TPSA) is 39.6 Å². The number of halogens is 1. The first kappa shape index (κ1) is 7.20. The van der Waals surface area contributed by atoms with Crippen molar-refractivity contribution in [1.82, 2.24) is 4.98 Å². The molecule has 0 amide bonds. The van der Waals surface area contributed by atoms with E-state index in [0.717, 1.165) is 10.9 Å². The summed E-state index contributed by atoms with van der Waals surface area (Å²) >= 11 is 5.74. The van der Waals surface area contributed by atoms with E-state index in [1.54, 1.807) is 18.2 Å². The number of H-pyrrole nitrogens is 1. The lowest BCUT2D eigenvalue weighted by molar-refractivity contribution is 1.46. The molecule has 0 spiro atoms. The Hall–Kier alpha value is -1.46. The number of nitriles is 1. The highest BCUT2D eigenvalue weighted by Crippen LogP contribution is 2.19. The maximum Gasteiger partial charge on any atom is 0.107 e. The summed E-state index contributed by atoms with van der Waals surface area (Å²) in [5, 5.41) is 10.2. The molecule has 0 unspecified atom stereocenters. The third-order valence-electron chi connectivity index (χ3n) is 1.72. The number of fused-ring (bicyclic) bond motifs is 1. The highest BCUT2D eigenvalue weighted by Gasteiger charge is 1.98. The molecule has 0 bridgehead atoms. The average Bonchev–Trinajstić information content (AvgIpc) is 2.43. The molecule has 2 nitrogen and oxygen atoms in total. The summed E-state index contributed by atoms with van der Waals surface area (Å²) in [6, 6.07) is 9.28. The molecule has 3 heteroatoms. The zero-order valence-corrected chi connectivity index (χ0v) is 6.89. The minimum atomic E-state index is 0.597. The van der Waals surface area contributed by atoms with Crippen LogP contribution in [0.5, 0.6) is 0 Å². The van der Waals surface area contributed by atoms with Crippen molar-refractivity contribution in [1.29, 1.82) is 5.26 Å². The summed E-state index contributed by atoms with van der Waals surface area (Å²) in [5.41, 5.74) is 1.61. The molecule has 0 saturated carbocycles. The van der Waals surface area contributed by atoms with Gasteiger partial charge in [-0.1, -0.05) is 11.6 Å². The Bertz CT molecular complexity index is 465. The number of nitrogens with one attached hydrogen (secondary N) is 1. The Kier molecular flexibility index (Phi) is 1.53. The van der Waals surface area contributed by atoms with Crippen LogP contribution in [0.1, 0.15) is 5.56 Å². The molecule has 0 aliphatic carbocycles. The first-order valence-corrected chi connectivity index (χ1v) is 3.86. The van der Waals surface area contributed by atoms with Crippen LogP contribution in [0.2, 0.25) is 5.15 Å². The van der Waals surface area contributed by atoms with Crippen molar-refractivity contribution in [3.05, 3.63) is 35.0 Å². The van der Waals surface area contributed by atoms with E-state index in [4.69, 9.17) is 16.9 Å². The van der Waals surface area contributed by atoms with Crippen molar-refractivity contribution in [3.8, 4) is 6.07 Å². The van der Waals surface area contributed by atoms with Gasteiger partial charge >= 0.3 is 0 Å². The monoisotopic (exact) mass is 176 g/mol. The molecule has 58 valence electrons. The third kappa shape index (κ3) is 1.05. The summed E-state index contributed by atoms with van der Waals surface area (Å²) < 4.78 is 0. The quantitative estimate of drug-likeness (QED) is 0.659. The lowest BCUT2D eigenvalue weighted by atomic mass is 10.2. The maximum atomic E-state index is 8.61. The number of aromatic amines is 1. The first-order chi connectivity index (χ1) is 5.79. The Morgan fingerprint density at radius 1 is 1.33 bits per heavy atom. The minimum Gasteiger partial charge on any atom is -0.346 e. The Balaban J connectivity index is 2.77. The normalized spacial score (nSPS) is 10.0. The molecule has 0 radical (unpaired) electrons. The third-order valence-corrected chi connectivity index (χ3v) is 1.92. The Labute approximate surface area is 74.4 Å². The Morgan fingerprint density at radius 3 is 2.92 bits per heavy atom. The van der Waals surface area contributed by atoms with Gasteiger partial charge in [-0.05, 0) is 24.3 Å². The zero-order valence-electron chi connectivity index (χ0n) is 6.13. The van der Waals surface area contributed by atoms with Crippen molar-refractivity contribution >= 4 is 22.5 Å². The Morgan fingerprint density at radius 2 is 2.17 bits per heavy atom. The number of rotatable bonds is 0. The van der Waals surface area contributed by atoms with Crippen LogP contribution in [-0.2, 0) is 0 Å². The van der Waals surface area contributed by atoms with Crippen LogP contribution < -0.4 is 0 Å². The highest BCUT2D eigenvalue weighted by atomic mass is 35.5. The van der Waals surface area contributed by atoms with Gasteiger partial charge in [0.2, 0.25) is 0 Å². The van der Waals surface area contributed by atoms with Crippen LogP contribution in [0, 0.1) is 11.3 Å². The van der Waals surface area contributed by atoms with Gasteiger partial charge in [0, 0.05) is 10.9 Å². The summed E-state index contributed by atoms with van der Waals surface area (Å²) in [4.78, 5) is 2.97. The molecule has 0 atom stereocenters. The fourth-order valence-corrected chi connectivity index (χ4v) is 1.39. The second-order valence-electron chi connectivity index (χ2n) is 2.53. The van der Waals surface area contributed by atoms with Crippen molar-refractivity contribution in [2.75, 3.05) is 0 Å². The smallest absolute Gasteiger partial charge is 0.107 e. The van der Waals surface area contributed by atoms with Gasteiger partial charge in [-0.15, -0.1) is 0 Å². The van der Waals surface area contributed by atoms with E-state index < -0.39 is 0 Å². The van der Waals surface area contributed by atoms with Gasteiger partial charge in [-0.25, -0.2) is 0 Å². The van der Waals surface area contributed by atoms with Gasteiger partial charge in [0.05, 0.1) is 11.6 Å². The largest absolute Gasteiger partial charge is 0.346 e. The molecule has 0 saturated heterocycles. The molecular weight excluding hydrogens is 172 g/mol. The van der Waals surface area contributed by atoms with Crippen LogP contribution in [-0.4, -0.2) is 4.98 Å². The summed E-state index contributed by atoms with van der Waals surface area (Å²) in [6.45, 7) is 0. The van der Waals surface area contributed by atoms with Crippen molar-refractivity contribution < 1.29 is 0 Å². The molecule has 2 rings (SSSR count). The zero-order chi connectivity index (χ0) is 8.55. The maximum absolute atomic E-state index is 8.61. The van der Waals surface area contributed by atoms with Gasteiger partial charge in [0.15, 0.2) is 0 Å². The highest BCUT2D eigenvalue weighted by molar-refractivity contribution is 6.30. The predicted octanol–water partition coefficient (Wildman–Crippen LogP) is 2.69. The van der Waals surface area contributed by atoms with E-state index in [1.165, 1.54) is 0 Å². The molecule has 0 aliphatic rings. The van der Waals surface area contributed by atoms with E-state index in [1.807, 2.05) is 6.07 Å². The van der Waals surface area contributed by atoms with Gasteiger partial charge in [0.25, 0.3) is 0 Å². The SMILES string of the molecule is N#Cc1ccc2[nH]c(Cl)cc2c1. The molecule has 1 aromatic carbocycles. The summed E-state index contributed by atoms with van der Waals surface area (Å²) in [5.74, 6) is 0. The minimum absolute atomic E-state index is 0.597. The molecular formula is C9H5ClN2. The van der Waals surface area contributed by atoms with Crippen molar-refractivity contribution in [2.45, 2.75) is 0 Å².